The highest BCUT2D eigenvalue weighted by Crippen LogP contribution is 2.51. The number of furan rings is 1. The molecule has 11 rings (SSSR count). The summed E-state index contributed by atoms with van der Waals surface area (Å²) in [5.41, 5.74) is 12.7. The number of para-hydroxylation sites is 1. The summed E-state index contributed by atoms with van der Waals surface area (Å²) >= 11 is 0. The lowest BCUT2D eigenvalue weighted by molar-refractivity contribution is 0.660. The fraction of sp³-hybridized carbons (Fsp3) is 0.0962. The molecule has 0 bridgehead atoms. The molecule has 57 heavy (non-hydrogen) atoms. The van der Waals surface area contributed by atoms with E-state index in [1.807, 2.05) is 18.2 Å². The maximum absolute atomic E-state index is 6.88. The molecule has 0 spiro atoms. The average Bonchev–Trinajstić information content (AvgIpc) is 3.76. The second kappa shape index (κ2) is 13.0. The monoisotopic (exact) mass is 734 g/mol. The predicted molar refractivity (Wildman–Crippen MR) is 234 cm³/mol. The van der Waals surface area contributed by atoms with Crippen LogP contribution in [0.4, 0.5) is 17.1 Å². The SMILES string of the molecule is CC1(C)c2ccccc2-c2ccc(N(c3ccccc3)c3cc(-c4nc(C5=CC=CCC5)nc(-c5ccccc5)n4)c4c(c3)oc3ccc5ccccc5c34)cc21. The zero-order chi connectivity index (χ0) is 38.1. The predicted octanol–water partition coefficient (Wildman–Crippen LogP) is 13.8. The number of fused-ring (bicyclic) bond motifs is 8. The van der Waals surface area contributed by atoms with Crippen molar-refractivity contribution in [3.63, 3.8) is 0 Å². The smallest absolute Gasteiger partial charge is 0.164 e. The van der Waals surface area contributed by atoms with E-state index in [0.29, 0.717) is 17.5 Å². The van der Waals surface area contributed by atoms with Crippen LogP contribution in [0.15, 0.2) is 174 Å². The van der Waals surface area contributed by atoms with Gasteiger partial charge in [0.15, 0.2) is 17.5 Å². The highest BCUT2D eigenvalue weighted by atomic mass is 16.3. The van der Waals surface area contributed by atoms with E-state index in [1.54, 1.807) is 0 Å². The first kappa shape index (κ1) is 33.2. The van der Waals surface area contributed by atoms with E-state index in [4.69, 9.17) is 19.4 Å². The van der Waals surface area contributed by atoms with E-state index in [0.717, 1.165) is 79.3 Å². The van der Waals surface area contributed by atoms with E-state index >= 15 is 0 Å². The molecule has 5 heteroatoms. The van der Waals surface area contributed by atoms with Crippen LogP contribution >= 0.6 is 0 Å². The summed E-state index contributed by atoms with van der Waals surface area (Å²) < 4.78 is 6.88. The molecule has 2 aliphatic rings. The Kier molecular flexibility index (Phi) is 7.58. The minimum atomic E-state index is -0.155. The topological polar surface area (TPSA) is 55.1 Å². The summed E-state index contributed by atoms with van der Waals surface area (Å²) in [6, 6.07) is 53.7. The van der Waals surface area contributed by atoms with Crippen molar-refractivity contribution in [1.29, 1.82) is 0 Å². The number of aromatic nitrogens is 3. The highest BCUT2D eigenvalue weighted by molar-refractivity contribution is 6.23. The Morgan fingerprint density at radius 3 is 2.12 bits per heavy atom. The first-order valence-corrected chi connectivity index (χ1v) is 19.7. The second-order valence-electron chi connectivity index (χ2n) is 15.5. The first-order chi connectivity index (χ1) is 28.0. The van der Waals surface area contributed by atoms with Gasteiger partial charge in [0.25, 0.3) is 0 Å². The van der Waals surface area contributed by atoms with E-state index in [2.05, 4.69) is 170 Å². The van der Waals surface area contributed by atoms with Crippen molar-refractivity contribution >= 4 is 55.3 Å². The van der Waals surface area contributed by atoms with Crippen molar-refractivity contribution in [2.75, 3.05) is 4.90 Å². The van der Waals surface area contributed by atoms with Crippen LogP contribution in [-0.4, -0.2) is 15.0 Å². The Morgan fingerprint density at radius 2 is 1.28 bits per heavy atom. The molecule has 7 aromatic carbocycles. The highest BCUT2D eigenvalue weighted by Gasteiger charge is 2.36. The third-order valence-corrected chi connectivity index (χ3v) is 11.8. The molecule has 0 unspecified atom stereocenters. The fourth-order valence-electron chi connectivity index (χ4n) is 8.96. The van der Waals surface area contributed by atoms with Crippen LogP contribution in [0.25, 0.3) is 72.2 Å². The van der Waals surface area contributed by atoms with Gasteiger partial charge in [-0.3, -0.25) is 0 Å². The summed E-state index contributed by atoms with van der Waals surface area (Å²) in [7, 11) is 0. The summed E-state index contributed by atoms with van der Waals surface area (Å²) in [6.07, 6.45) is 8.24. The molecule has 0 aliphatic heterocycles. The van der Waals surface area contributed by atoms with Crippen LogP contribution in [0, 0.1) is 0 Å². The zero-order valence-corrected chi connectivity index (χ0v) is 31.8. The van der Waals surface area contributed by atoms with Crippen LogP contribution in [0.5, 0.6) is 0 Å². The molecular formula is C52H38N4O. The number of hydrogen-bond acceptors (Lipinski definition) is 5. The van der Waals surface area contributed by atoms with Gasteiger partial charge >= 0.3 is 0 Å². The maximum atomic E-state index is 6.88. The van der Waals surface area contributed by atoms with Gasteiger partial charge in [0.2, 0.25) is 0 Å². The van der Waals surface area contributed by atoms with Gasteiger partial charge < -0.3 is 9.32 Å². The van der Waals surface area contributed by atoms with Crippen LogP contribution in [0.3, 0.4) is 0 Å². The molecule has 0 saturated heterocycles. The van der Waals surface area contributed by atoms with Gasteiger partial charge in [0.05, 0.1) is 5.69 Å². The maximum Gasteiger partial charge on any atom is 0.164 e. The van der Waals surface area contributed by atoms with Crippen LogP contribution in [0.1, 0.15) is 43.6 Å². The molecule has 0 amide bonds. The van der Waals surface area contributed by atoms with Gasteiger partial charge in [-0.1, -0.05) is 141 Å². The summed E-state index contributed by atoms with van der Waals surface area (Å²) in [5, 5.41) is 4.31. The van der Waals surface area contributed by atoms with Crippen LogP contribution in [-0.2, 0) is 5.41 Å². The molecule has 0 radical (unpaired) electrons. The van der Waals surface area contributed by atoms with Gasteiger partial charge in [-0.25, -0.2) is 15.0 Å². The third-order valence-electron chi connectivity index (χ3n) is 11.8. The normalized spacial score (nSPS) is 14.2. The number of allylic oxidation sites excluding steroid dienone is 4. The Morgan fingerprint density at radius 1 is 0.544 bits per heavy atom. The Bertz CT molecular complexity index is 3100. The number of hydrogen-bond donors (Lipinski definition) is 0. The molecule has 272 valence electrons. The number of nitrogens with zero attached hydrogens (tertiary/aromatic N) is 4. The largest absolute Gasteiger partial charge is 0.456 e. The Balaban J connectivity index is 1.21. The Hall–Kier alpha value is -7.11. The minimum absolute atomic E-state index is 0.155. The van der Waals surface area contributed by atoms with Crippen molar-refractivity contribution in [3.05, 3.63) is 187 Å². The molecular weight excluding hydrogens is 697 g/mol. The lowest BCUT2D eigenvalue weighted by atomic mass is 9.82. The van der Waals surface area contributed by atoms with Crippen molar-refractivity contribution in [2.24, 2.45) is 0 Å². The van der Waals surface area contributed by atoms with E-state index in [-0.39, 0.29) is 5.41 Å². The molecule has 0 atom stereocenters. The first-order valence-electron chi connectivity index (χ1n) is 19.7. The standard InChI is InChI=1S/C52H38N4O/c1-52(2)43-25-15-14-24-40(43)41-28-27-37(31-44(41)52)56(36-21-10-5-11-22-36)38-30-42(48-46(32-38)57-45-29-26-33-16-12-13-23-39(33)47(45)48)51-54-49(34-17-6-3-7-18-34)53-50(55-51)35-19-8-4-9-20-35/h3-8,10-19,21-32H,9,20H2,1-2H3. The van der Waals surface area contributed by atoms with Gasteiger partial charge in [0.1, 0.15) is 11.2 Å². The second-order valence-corrected chi connectivity index (χ2v) is 15.5. The number of anilines is 3. The summed E-state index contributed by atoms with van der Waals surface area (Å²) in [4.78, 5) is 18.0. The number of benzene rings is 7. The third kappa shape index (κ3) is 5.42. The molecule has 2 heterocycles. The summed E-state index contributed by atoms with van der Waals surface area (Å²) in [5.74, 6) is 1.94. The van der Waals surface area contributed by atoms with E-state index in [1.165, 1.54) is 22.3 Å². The van der Waals surface area contributed by atoms with E-state index in [9.17, 15) is 0 Å². The van der Waals surface area contributed by atoms with Crippen LogP contribution < -0.4 is 4.90 Å². The minimum Gasteiger partial charge on any atom is -0.456 e. The van der Waals surface area contributed by atoms with Crippen LogP contribution in [0.2, 0.25) is 0 Å². The van der Waals surface area contributed by atoms with Crippen molar-refractivity contribution < 1.29 is 4.42 Å². The zero-order valence-electron chi connectivity index (χ0n) is 31.8. The van der Waals surface area contributed by atoms with Crippen molar-refractivity contribution in [3.8, 4) is 33.9 Å². The molecule has 5 nitrogen and oxygen atoms in total. The molecule has 2 aliphatic carbocycles. The van der Waals surface area contributed by atoms with E-state index < -0.39 is 0 Å². The lowest BCUT2D eigenvalue weighted by Crippen LogP contribution is -2.16. The summed E-state index contributed by atoms with van der Waals surface area (Å²) in [6.45, 7) is 4.66. The molecule has 2 aromatic heterocycles. The molecule has 0 N–H and O–H groups in total. The molecule has 9 aromatic rings. The lowest BCUT2D eigenvalue weighted by Gasteiger charge is -2.28. The average molecular weight is 735 g/mol. The van der Waals surface area contributed by atoms with Gasteiger partial charge in [-0.2, -0.15) is 0 Å². The number of rotatable bonds is 6. The fourth-order valence-corrected chi connectivity index (χ4v) is 8.96. The van der Waals surface area contributed by atoms with Gasteiger partial charge in [-0.15, -0.1) is 0 Å². The quantitative estimate of drug-likeness (QED) is 0.170. The van der Waals surface area contributed by atoms with Gasteiger partial charge in [0, 0.05) is 44.8 Å². The van der Waals surface area contributed by atoms with Crippen molar-refractivity contribution in [1.82, 2.24) is 15.0 Å². The Labute approximate surface area is 331 Å². The molecule has 0 fully saturated rings. The van der Waals surface area contributed by atoms with Crippen molar-refractivity contribution in [2.45, 2.75) is 32.1 Å². The van der Waals surface area contributed by atoms with Gasteiger partial charge in [-0.05, 0) is 87.8 Å². The molecule has 0 saturated carbocycles.